The van der Waals surface area contributed by atoms with Gasteiger partial charge in [0.1, 0.15) is 6.54 Å². The van der Waals surface area contributed by atoms with Gasteiger partial charge < -0.3 is 19.0 Å². The molecule has 2 amide bonds. The molecule has 27 heavy (non-hydrogen) atoms. The van der Waals surface area contributed by atoms with Gasteiger partial charge in [-0.15, -0.1) is 0 Å². The van der Waals surface area contributed by atoms with Crippen LogP contribution < -0.4 is 5.76 Å². The number of benzene rings is 1. The summed E-state index contributed by atoms with van der Waals surface area (Å²) in [7, 11) is 0. The van der Waals surface area contributed by atoms with Crippen LogP contribution in [0.1, 0.15) is 12.8 Å². The molecular weight excluding hydrogens is 350 g/mol. The number of oxazole rings is 1. The first-order valence-corrected chi connectivity index (χ1v) is 9.36. The smallest absolute Gasteiger partial charge is 0.408 e. The van der Waals surface area contributed by atoms with Crippen LogP contribution in [0.15, 0.2) is 33.5 Å². The molecular formula is C19H23N3O5. The van der Waals surface area contributed by atoms with E-state index in [4.69, 9.17) is 9.15 Å². The molecule has 3 heterocycles. The highest BCUT2D eigenvalue weighted by atomic mass is 16.5. The van der Waals surface area contributed by atoms with E-state index >= 15 is 0 Å². The second-order valence-electron chi connectivity index (χ2n) is 7.01. The summed E-state index contributed by atoms with van der Waals surface area (Å²) in [6.07, 6.45) is 1.31. The SMILES string of the molecule is O=C(Cn1c(=O)oc2ccccc21)N1CCC(C(=O)N2CCOCC2)CC1. The molecule has 0 N–H and O–H groups in total. The number of hydrogen-bond donors (Lipinski definition) is 0. The van der Waals surface area contributed by atoms with Crippen LogP contribution in [0.4, 0.5) is 0 Å². The highest BCUT2D eigenvalue weighted by Gasteiger charge is 2.31. The van der Waals surface area contributed by atoms with Crippen molar-refractivity contribution in [1.29, 1.82) is 0 Å². The van der Waals surface area contributed by atoms with Gasteiger partial charge in [-0.1, -0.05) is 12.1 Å². The topological polar surface area (TPSA) is 85.0 Å². The Kier molecular flexibility index (Phi) is 4.98. The number of rotatable bonds is 3. The van der Waals surface area contributed by atoms with E-state index in [1.54, 1.807) is 29.2 Å². The summed E-state index contributed by atoms with van der Waals surface area (Å²) in [4.78, 5) is 40.9. The van der Waals surface area contributed by atoms with Gasteiger partial charge in [-0.2, -0.15) is 0 Å². The predicted molar refractivity (Wildman–Crippen MR) is 97.2 cm³/mol. The zero-order chi connectivity index (χ0) is 18.8. The molecule has 8 heteroatoms. The third-order valence-corrected chi connectivity index (χ3v) is 5.39. The number of piperidine rings is 1. The van der Waals surface area contributed by atoms with Crippen LogP contribution in [0, 0.1) is 5.92 Å². The number of carbonyl (C=O) groups is 2. The molecule has 0 aliphatic carbocycles. The summed E-state index contributed by atoms with van der Waals surface area (Å²) < 4.78 is 11.8. The van der Waals surface area contributed by atoms with Gasteiger partial charge in [0, 0.05) is 32.1 Å². The van der Waals surface area contributed by atoms with E-state index in [-0.39, 0.29) is 24.3 Å². The fraction of sp³-hybridized carbons (Fsp3) is 0.526. The number of amides is 2. The molecule has 4 rings (SSSR count). The standard InChI is InChI=1S/C19H23N3O5/c23-17(13-22-15-3-1-2-4-16(15)27-19(22)25)20-7-5-14(6-8-20)18(24)21-9-11-26-12-10-21/h1-4,14H,5-13H2. The van der Waals surface area contributed by atoms with Crippen molar-refractivity contribution in [3.63, 3.8) is 0 Å². The monoisotopic (exact) mass is 373 g/mol. The van der Waals surface area contributed by atoms with Crippen molar-refractivity contribution in [1.82, 2.24) is 14.4 Å². The molecule has 2 aliphatic rings. The highest BCUT2D eigenvalue weighted by molar-refractivity contribution is 5.81. The molecule has 0 spiro atoms. The molecule has 2 fully saturated rings. The molecule has 144 valence electrons. The third-order valence-electron chi connectivity index (χ3n) is 5.39. The lowest BCUT2D eigenvalue weighted by molar-refractivity contribution is -0.144. The van der Waals surface area contributed by atoms with E-state index in [2.05, 4.69) is 0 Å². The number of carbonyl (C=O) groups excluding carboxylic acids is 2. The van der Waals surface area contributed by atoms with Gasteiger partial charge in [0.2, 0.25) is 11.8 Å². The van der Waals surface area contributed by atoms with Crippen LogP contribution in [-0.4, -0.2) is 65.6 Å². The molecule has 2 aliphatic heterocycles. The first-order chi connectivity index (χ1) is 13.1. The lowest BCUT2D eigenvalue weighted by Gasteiger charge is -2.35. The molecule has 0 bridgehead atoms. The number of hydrogen-bond acceptors (Lipinski definition) is 5. The lowest BCUT2D eigenvalue weighted by atomic mass is 9.95. The van der Waals surface area contributed by atoms with Crippen molar-refractivity contribution < 1.29 is 18.7 Å². The second-order valence-corrected chi connectivity index (χ2v) is 7.01. The van der Waals surface area contributed by atoms with Crippen molar-refractivity contribution in [3.05, 3.63) is 34.8 Å². The lowest BCUT2D eigenvalue weighted by Crippen LogP contribution is -2.48. The van der Waals surface area contributed by atoms with Crippen molar-refractivity contribution in [2.75, 3.05) is 39.4 Å². The van der Waals surface area contributed by atoms with Gasteiger partial charge in [-0.3, -0.25) is 14.2 Å². The van der Waals surface area contributed by atoms with Gasteiger partial charge in [-0.25, -0.2) is 4.79 Å². The van der Waals surface area contributed by atoms with Crippen molar-refractivity contribution in [3.8, 4) is 0 Å². The fourth-order valence-corrected chi connectivity index (χ4v) is 3.82. The minimum absolute atomic E-state index is 0.0374. The summed E-state index contributed by atoms with van der Waals surface area (Å²) >= 11 is 0. The summed E-state index contributed by atoms with van der Waals surface area (Å²) in [6, 6.07) is 7.07. The maximum Gasteiger partial charge on any atom is 0.420 e. The van der Waals surface area contributed by atoms with Crippen molar-refractivity contribution >= 4 is 22.9 Å². The molecule has 0 atom stereocenters. The molecule has 0 saturated carbocycles. The van der Waals surface area contributed by atoms with Gasteiger partial charge in [-0.05, 0) is 25.0 Å². The Morgan fingerprint density at radius 1 is 1.00 bits per heavy atom. The predicted octanol–water partition coefficient (Wildman–Crippen LogP) is 0.692. The molecule has 8 nitrogen and oxygen atoms in total. The molecule has 0 radical (unpaired) electrons. The van der Waals surface area contributed by atoms with Gasteiger partial charge in [0.15, 0.2) is 5.58 Å². The average molecular weight is 373 g/mol. The van der Waals surface area contributed by atoms with E-state index in [1.807, 2.05) is 4.90 Å². The Balaban J connectivity index is 1.36. The zero-order valence-electron chi connectivity index (χ0n) is 15.1. The number of ether oxygens (including phenoxy) is 1. The van der Waals surface area contributed by atoms with Crippen LogP contribution in [-0.2, 0) is 20.9 Å². The summed E-state index contributed by atoms with van der Waals surface area (Å²) in [5.74, 6) is -0.519. The Morgan fingerprint density at radius 3 is 2.44 bits per heavy atom. The van der Waals surface area contributed by atoms with Crippen molar-refractivity contribution in [2.45, 2.75) is 19.4 Å². The molecule has 0 unspecified atom stereocenters. The molecule has 2 saturated heterocycles. The zero-order valence-corrected chi connectivity index (χ0v) is 15.1. The first kappa shape index (κ1) is 17.8. The highest BCUT2D eigenvalue weighted by Crippen LogP contribution is 2.21. The van der Waals surface area contributed by atoms with E-state index in [0.29, 0.717) is 63.3 Å². The molecule has 1 aromatic carbocycles. The van der Waals surface area contributed by atoms with Crippen LogP contribution in [0.25, 0.3) is 11.1 Å². The average Bonchev–Trinajstić information content (AvgIpc) is 3.03. The summed E-state index contributed by atoms with van der Waals surface area (Å²) in [6.45, 7) is 3.50. The Morgan fingerprint density at radius 2 is 1.70 bits per heavy atom. The van der Waals surface area contributed by atoms with Gasteiger partial charge >= 0.3 is 5.76 Å². The Labute approximate surface area is 156 Å². The normalized spacial score (nSPS) is 18.8. The minimum Gasteiger partial charge on any atom is -0.408 e. The number of nitrogens with zero attached hydrogens (tertiary/aromatic N) is 3. The summed E-state index contributed by atoms with van der Waals surface area (Å²) in [5.41, 5.74) is 1.10. The van der Waals surface area contributed by atoms with E-state index in [9.17, 15) is 14.4 Å². The fourth-order valence-electron chi connectivity index (χ4n) is 3.82. The number of fused-ring (bicyclic) bond motifs is 1. The minimum atomic E-state index is -0.526. The van der Waals surface area contributed by atoms with E-state index in [0.717, 1.165) is 0 Å². The van der Waals surface area contributed by atoms with Gasteiger partial charge in [0.25, 0.3) is 0 Å². The molecule has 2 aromatic rings. The quantitative estimate of drug-likeness (QED) is 0.790. The Hall–Kier alpha value is -2.61. The van der Waals surface area contributed by atoms with Crippen LogP contribution in [0.2, 0.25) is 0 Å². The van der Waals surface area contributed by atoms with Crippen LogP contribution in [0.3, 0.4) is 0 Å². The second kappa shape index (κ2) is 7.56. The van der Waals surface area contributed by atoms with Crippen LogP contribution >= 0.6 is 0 Å². The maximum absolute atomic E-state index is 12.7. The Bertz CT molecular complexity index is 888. The van der Waals surface area contributed by atoms with Gasteiger partial charge in [0.05, 0.1) is 18.7 Å². The largest absolute Gasteiger partial charge is 0.420 e. The molecule has 1 aromatic heterocycles. The number of likely N-dealkylation sites (tertiary alicyclic amines) is 1. The summed E-state index contributed by atoms with van der Waals surface area (Å²) in [5, 5.41) is 0. The van der Waals surface area contributed by atoms with Crippen LogP contribution in [0.5, 0.6) is 0 Å². The third kappa shape index (κ3) is 3.62. The van der Waals surface area contributed by atoms with Crippen molar-refractivity contribution in [2.24, 2.45) is 5.92 Å². The number of para-hydroxylation sites is 2. The number of aromatic nitrogens is 1. The van der Waals surface area contributed by atoms with E-state index in [1.165, 1.54) is 4.57 Å². The number of morpholine rings is 1. The maximum atomic E-state index is 12.7. The first-order valence-electron chi connectivity index (χ1n) is 9.36. The van der Waals surface area contributed by atoms with E-state index < -0.39 is 5.76 Å².